The van der Waals surface area contributed by atoms with Gasteiger partial charge in [0.25, 0.3) is 0 Å². The largest absolute Gasteiger partial charge is 0.393 e. The molecule has 254 valence electrons. The highest BCUT2D eigenvalue weighted by Gasteiger charge is 2.29. The molecule has 1 amide bonds. The molecule has 2 N–H and O–H groups in total. The van der Waals surface area contributed by atoms with E-state index in [1.165, 1.54) is 17.5 Å². The van der Waals surface area contributed by atoms with Crippen LogP contribution in [0.3, 0.4) is 0 Å². The molecule has 0 aliphatic carbocycles. The maximum atomic E-state index is 13.0. The van der Waals surface area contributed by atoms with Crippen LogP contribution >= 0.6 is 11.3 Å². The van der Waals surface area contributed by atoms with Gasteiger partial charge < -0.3 is 15.2 Å². The van der Waals surface area contributed by atoms with E-state index in [0.717, 1.165) is 77.8 Å². The number of piperidine rings is 1. The van der Waals surface area contributed by atoms with E-state index in [9.17, 15) is 23.2 Å². The van der Waals surface area contributed by atoms with E-state index in [4.69, 9.17) is 0 Å². The van der Waals surface area contributed by atoms with Gasteiger partial charge in [0.05, 0.1) is 11.8 Å². The number of likely N-dealkylation sites (tertiary alicyclic amines) is 1. The molecule has 1 aliphatic heterocycles. The molecule has 2 aromatic carbocycles. The first-order valence-corrected chi connectivity index (χ1v) is 17.6. The Bertz CT molecular complexity index is 2110. The van der Waals surface area contributed by atoms with Crippen molar-refractivity contribution in [2.45, 2.75) is 57.9 Å². The summed E-state index contributed by atoms with van der Waals surface area (Å²) in [7, 11) is 5.65. The fraction of sp³-hybridized carbons (Fsp3) is 0.314. The smallest absolute Gasteiger partial charge is 0.367 e. The summed E-state index contributed by atoms with van der Waals surface area (Å²) in [5.41, 5.74) is 6.63. The van der Waals surface area contributed by atoms with Crippen molar-refractivity contribution in [3.05, 3.63) is 93.0 Å². The summed E-state index contributed by atoms with van der Waals surface area (Å²) < 4.78 is 41.0. The zero-order valence-corrected chi connectivity index (χ0v) is 29.4. The first-order valence-electron chi connectivity index (χ1n) is 16.7. The van der Waals surface area contributed by atoms with Crippen molar-refractivity contribution in [1.82, 2.24) is 19.4 Å². The van der Waals surface area contributed by atoms with Gasteiger partial charge in [-0.1, -0.05) is 18.2 Å². The van der Waals surface area contributed by atoms with E-state index in [-0.39, 0.29) is 16.8 Å². The van der Waals surface area contributed by atoms with Crippen molar-refractivity contribution in [2.75, 3.05) is 23.7 Å². The van der Waals surface area contributed by atoms with Crippen LogP contribution in [0.2, 0.25) is 0 Å². The number of hydrogen-bond acceptors (Lipinski definition) is 7. The van der Waals surface area contributed by atoms with Crippen molar-refractivity contribution in [1.29, 1.82) is 5.26 Å². The number of nitrogens with one attached hydrogen (secondary N) is 2. The number of halogens is 3. The van der Waals surface area contributed by atoms with Crippen LogP contribution in [0.4, 0.5) is 24.7 Å². The molecule has 0 spiro atoms. The highest BCUT2D eigenvalue weighted by atomic mass is 32.1. The number of nitriles is 1. The Hall–Kier alpha value is -4.54. The Balaban J connectivity index is 1.07. The summed E-state index contributed by atoms with van der Waals surface area (Å²) in [4.78, 5) is 24.1. The summed E-state index contributed by atoms with van der Waals surface area (Å²) in [5, 5.41) is 19.1. The Morgan fingerprint density at radius 2 is 1.80 bits per heavy atom. The topological polar surface area (TPSA) is 98.9 Å². The van der Waals surface area contributed by atoms with Gasteiger partial charge in [-0.15, -0.1) is 16.7 Å². The van der Waals surface area contributed by atoms with E-state index in [2.05, 4.69) is 55.2 Å². The second kappa shape index (κ2) is 14.8. The fourth-order valence-corrected chi connectivity index (χ4v) is 7.47. The summed E-state index contributed by atoms with van der Waals surface area (Å²) in [6, 6.07) is 18.2. The molecule has 8 nitrogen and oxygen atoms in total. The van der Waals surface area contributed by atoms with Crippen molar-refractivity contribution >= 4 is 73.4 Å². The number of amides is 1. The third kappa shape index (κ3) is 8.08. The van der Waals surface area contributed by atoms with Crippen LogP contribution < -0.4 is 10.6 Å². The quantitative estimate of drug-likeness (QED) is 0.168. The van der Waals surface area contributed by atoms with Gasteiger partial charge in [-0.3, -0.25) is 9.69 Å². The highest BCUT2D eigenvalue weighted by Crippen LogP contribution is 2.33. The minimum Gasteiger partial charge on any atom is -0.367 e. The lowest BCUT2D eigenvalue weighted by Gasteiger charge is -2.33. The molecule has 4 heterocycles. The lowest BCUT2D eigenvalue weighted by atomic mass is 9.69. The molecule has 6 rings (SSSR count). The molecule has 5 aromatic rings. The lowest BCUT2D eigenvalue weighted by Crippen LogP contribution is -2.39. The molecular weight excluding hydrogens is 656 g/mol. The number of aromatic nitrogens is 3. The van der Waals surface area contributed by atoms with Crippen molar-refractivity contribution in [3.63, 3.8) is 0 Å². The molecule has 0 atom stereocenters. The Morgan fingerprint density at radius 3 is 2.48 bits per heavy atom. The number of aryl methyl sites for hydroxylation is 3. The van der Waals surface area contributed by atoms with Crippen LogP contribution in [-0.4, -0.2) is 74.2 Å². The number of carbonyl (C=O) groups is 1. The Kier molecular flexibility index (Phi) is 10.4. The molecular formula is C35H37B3F3N7OS. The molecule has 15 heteroatoms. The number of alkyl halides is 3. The number of thiophene rings is 1. The standard InChI is InChI=1S/C35H37B3F3N7OS/c1-20-22(18-47-11-9-24(10-12-47)45-32-28-15-26(16-35(39,40)41)50-34(28)44-19-43-32)4-7-29-27(20)14-25(17-42)48(29)13-8-21-2-5-23(6-3-21)46-33(49)30(36)31(37)38/h2-7,14-15,19,24H,8-13,16,18,36-38H2,1H3,(H,46,49)(H,43,44,45). The van der Waals surface area contributed by atoms with E-state index in [1.54, 1.807) is 6.07 Å². The molecule has 3 aromatic heterocycles. The Morgan fingerprint density at radius 1 is 1.06 bits per heavy atom. The minimum atomic E-state index is -4.26. The SMILES string of the molecule is BC(B)=C(B)C(=O)Nc1ccc(CCn2c(C#N)cc3c(C)c(CN4CCC(Nc5ncnc6sc(CC(F)(F)F)cc56)CC4)ccc32)cc1. The predicted molar refractivity (Wildman–Crippen MR) is 202 cm³/mol. The molecule has 0 bridgehead atoms. The van der Waals surface area contributed by atoms with Crippen molar-refractivity contribution in [3.8, 4) is 6.07 Å². The number of hydrogen-bond donors (Lipinski definition) is 2. The van der Waals surface area contributed by atoms with Crippen LogP contribution in [0.25, 0.3) is 21.1 Å². The van der Waals surface area contributed by atoms with Gasteiger partial charge in [0, 0.05) is 53.7 Å². The molecule has 0 saturated carbocycles. The fourth-order valence-electron chi connectivity index (χ4n) is 6.45. The summed E-state index contributed by atoms with van der Waals surface area (Å²) in [6.07, 6.45) is -1.32. The van der Waals surface area contributed by atoms with Crippen LogP contribution in [0, 0.1) is 18.3 Å². The van der Waals surface area contributed by atoms with Gasteiger partial charge in [-0.25, -0.2) is 9.97 Å². The maximum absolute atomic E-state index is 13.0. The molecule has 50 heavy (non-hydrogen) atoms. The molecule has 0 unspecified atom stereocenters. The first-order chi connectivity index (χ1) is 23.9. The van der Waals surface area contributed by atoms with Crippen LogP contribution in [0.15, 0.2) is 65.7 Å². The number of carbonyl (C=O) groups excluding carboxylic acids is 1. The lowest BCUT2D eigenvalue weighted by molar-refractivity contribution is -0.126. The number of rotatable bonds is 10. The molecule has 1 fully saturated rings. The van der Waals surface area contributed by atoms with Gasteiger partial charge in [0.1, 0.15) is 52.3 Å². The second-order valence-electron chi connectivity index (χ2n) is 13.2. The van der Waals surface area contributed by atoms with Gasteiger partial charge >= 0.3 is 6.18 Å². The van der Waals surface area contributed by atoms with Crippen molar-refractivity contribution in [2.24, 2.45) is 0 Å². The third-order valence-electron chi connectivity index (χ3n) is 9.59. The summed E-state index contributed by atoms with van der Waals surface area (Å²) in [6.45, 7) is 5.31. The Labute approximate surface area is 296 Å². The van der Waals surface area contributed by atoms with Crippen LogP contribution in [0.1, 0.15) is 40.1 Å². The number of benzene rings is 2. The van der Waals surface area contributed by atoms with Crippen molar-refractivity contribution < 1.29 is 18.0 Å². The summed E-state index contributed by atoms with van der Waals surface area (Å²) in [5.74, 6) is 0.490. The van der Waals surface area contributed by atoms with Gasteiger partial charge in [-0.2, -0.15) is 18.4 Å². The highest BCUT2D eigenvalue weighted by molar-refractivity contribution is 7.18. The third-order valence-corrected chi connectivity index (χ3v) is 10.6. The van der Waals surface area contributed by atoms with Gasteiger partial charge in [-0.05, 0) is 78.7 Å². The van der Waals surface area contributed by atoms with Crippen LogP contribution in [-0.2, 0) is 30.7 Å². The minimum absolute atomic E-state index is 0.101. The van der Waals surface area contributed by atoms with Gasteiger partial charge in [0.2, 0.25) is 5.91 Å². The zero-order chi connectivity index (χ0) is 35.6. The number of nitrogens with zero attached hydrogens (tertiary/aromatic N) is 5. The average molecular weight is 693 g/mol. The molecule has 1 saturated heterocycles. The average Bonchev–Trinajstić information content (AvgIpc) is 3.66. The normalized spacial score (nSPS) is 14.1. The second-order valence-corrected chi connectivity index (χ2v) is 14.4. The monoisotopic (exact) mass is 693 g/mol. The van der Waals surface area contributed by atoms with E-state index < -0.39 is 12.6 Å². The number of anilines is 2. The zero-order valence-electron chi connectivity index (χ0n) is 28.6. The van der Waals surface area contributed by atoms with Crippen LogP contribution in [0.5, 0.6) is 0 Å². The number of fused-ring (bicyclic) bond motifs is 2. The van der Waals surface area contributed by atoms with E-state index >= 15 is 0 Å². The van der Waals surface area contributed by atoms with E-state index in [0.29, 0.717) is 33.7 Å². The first kappa shape index (κ1) is 35.3. The predicted octanol–water partition coefficient (Wildman–Crippen LogP) is 4.26. The van der Waals surface area contributed by atoms with Gasteiger partial charge in [0.15, 0.2) is 0 Å². The molecule has 1 aliphatic rings. The van der Waals surface area contributed by atoms with E-state index in [1.807, 2.05) is 53.9 Å². The maximum Gasteiger partial charge on any atom is 0.393 e. The summed E-state index contributed by atoms with van der Waals surface area (Å²) >= 11 is 1.06. The molecule has 0 radical (unpaired) electrons.